The molecule has 3 aromatic rings. The van der Waals surface area contributed by atoms with Crippen molar-refractivity contribution in [2.45, 2.75) is 63.6 Å². The summed E-state index contributed by atoms with van der Waals surface area (Å²) in [7, 11) is 0. The third kappa shape index (κ3) is 6.92. The maximum atomic E-state index is 15.1. The minimum absolute atomic E-state index is 0.0189. The molecule has 40 heavy (non-hydrogen) atoms. The molecule has 9 heteroatoms. The van der Waals surface area contributed by atoms with Gasteiger partial charge in [0.25, 0.3) is 0 Å². The van der Waals surface area contributed by atoms with Crippen molar-refractivity contribution in [1.82, 2.24) is 0 Å². The molecular weight excluding hydrogens is 540 g/mol. The van der Waals surface area contributed by atoms with E-state index in [-0.39, 0.29) is 42.6 Å². The van der Waals surface area contributed by atoms with Crippen LogP contribution in [0, 0.1) is 17.5 Å². The molecule has 0 amide bonds. The number of halogens is 8. The second kappa shape index (κ2) is 12.5. The van der Waals surface area contributed by atoms with E-state index in [1.54, 1.807) is 31.2 Å². The van der Waals surface area contributed by atoms with Gasteiger partial charge in [-0.1, -0.05) is 43.3 Å². The number of aryl methyl sites for hydroxylation is 1. The van der Waals surface area contributed by atoms with Crippen molar-refractivity contribution in [3.63, 3.8) is 0 Å². The summed E-state index contributed by atoms with van der Waals surface area (Å²) in [6.45, 7) is 1.98. The molecule has 1 saturated heterocycles. The fourth-order valence-corrected chi connectivity index (χ4v) is 4.98. The standard InChI is InChI=1S/C31H28F8O/c1-2-3-25(32)30(36)20-7-5-19(6-8-20)21-10-13-24(26(33)16-21)22-9-12-23(40-17-22)11-4-18-14-27(34)29(28(35)15-18)31(37,38)39/h5-8,10,13-16,22-23H,2-4,9,11-12,17H2,1H3/b30-25+. The van der Waals surface area contributed by atoms with Gasteiger partial charge in [-0.2, -0.15) is 13.2 Å². The van der Waals surface area contributed by atoms with Crippen LogP contribution in [0.2, 0.25) is 0 Å². The zero-order valence-corrected chi connectivity index (χ0v) is 21.7. The number of alkyl halides is 3. The van der Waals surface area contributed by atoms with Gasteiger partial charge in [-0.25, -0.2) is 22.0 Å². The fourth-order valence-electron chi connectivity index (χ4n) is 4.98. The SMILES string of the molecule is CCC/C(F)=C(\F)c1ccc(-c2ccc(C3CCC(CCc4cc(F)c(C(F)(F)F)c(F)c4)OC3)c(F)c2)cc1. The Morgan fingerprint density at radius 2 is 1.50 bits per heavy atom. The molecule has 4 rings (SSSR count). The summed E-state index contributed by atoms with van der Waals surface area (Å²) >= 11 is 0. The van der Waals surface area contributed by atoms with Crippen LogP contribution < -0.4 is 0 Å². The molecule has 0 radical (unpaired) electrons. The van der Waals surface area contributed by atoms with Gasteiger partial charge in [0, 0.05) is 17.9 Å². The minimum atomic E-state index is -5.11. The lowest BCUT2D eigenvalue weighted by Crippen LogP contribution is -2.25. The first-order valence-electron chi connectivity index (χ1n) is 13.1. The molecular formula is C31H28F8O. The Hall–Kier alpha value is -3.20. The molecule has 1 nitrogen and oxygen atoms in total. The highest BCUT2D eigenvalue weighted by atomic mass is 19.4. The van der Waals surface area contributed by atoms with Crippen molar-refractivity contribution < 1.29 is 39.9 Å². The topological polar surface area (TPSA) is 9.23 Å². The van der Waals surface area contributed by atoms with Crippen molar-refractivity contribution in [3.05, 3.63) is 100 Å². The average molecular weight is 569 g/mol. The molecule has 0 saturated carbocycles. The molecule has 214 valence electrons. The highest BCUT2D eigenvalue weighted by Gasteiger charge is 2.38. The van der Waals surface area contributed by atoms with Crippen LogP contribution >= 0.6 is 0 Å². The van der Waals surface area contributed by atoms with Crippen LogP contribution in [-0.2, 0) is 17.3 Å². The molecule has 1 aliphatic heterocycles. The Morgan fingerprint density at radius 1 is 0.850 bits per heavy atom. The second-order valence-electron chi connectivity index (χ2n) is 9.98. The summed E-state index contributed by atoms with van der Waals surface area (Å²) in [6.07, 6.45) is -3.25. The van der Waals surface area contributed by atoms with E-state index >= 15 is 4.39 Å². The quantitative estimate of drug-likeness (QED) is 0.246. The molecule has 1 aliphatic rings. The normalized spacial score (nSPS) is 18.5. The van der Waals surface area contributed by atoms with E-state index in [4.69, 9.17) is 4.74 Å². The third-order valence-electron chi connectivity index (χ3n) is 7.13. The molecule has 0 bridgehead atoms. The number of benzene rings is 3. The van der Waals surface area contributed by atoms with Gasteiger partial charge in [0.15, 0.2) is 5.83 Å². The van der Waals surface area contributed by atoms with E-state index < -0.39 is 40.8 Å². The number of rotatable bonds is 8. The number of allylic oxidation sites excluding steroid dienone is 1. The molecule has 1 fully saturated rings. The molecule has 2 unspecified atom stereocenters. The van der Waals surface area contributed by atoms with E-state index in [2.05, 4.69) is 0 Å². The lowest BCUT2D eigenvalue weighted by Gasteiger charge is -2.30. The van der Waals surface area contributed by atoms with Gasteiger partial charge in [0.1, 0.15) is 28.8 Å². The summed E-state index contributed by atoms with van der Waals surface area (Å²) in [5.41, 5.74) is 0.0246. The van der Waals surface area contributed by atoms with Gasteiger partial charge >= 0.3 is 6.18 Å². The van der Waals surface area contributed by atoms with Crippen LogP contribution in [0.25, 0.3) is 17.0 Å². The van der Waals surface area contributed by atoms with Gasteiger partial charge in [-0.05, 0) is 72.6 Å². The number of hydrogen-bond acceptors (Lipinski definition) is 1. The van der Waals surface area contributed by atoms with E-state index in [1.165, 1.54) is 18.2 Å². The predicted octanol–water partition coefficient (Wildman–Crippen LogP) is 10.1. The summed E-state index contributed by atoms with van der Waals surface area (Å²) in [4.78, 5) is 0. The Labute approximate surface area is 227 Å². The maximum Gasteiger partial charge on any atom is 0.422 e. The van der Waals surface area contributed by atoms with Gasteiger partial charge < -0.3 is 4.74 Å². The van der Waals surface area contributed by atoms with Gasteiger partial charge in [0.2, 0.25) is 0 Å². The van der Waals surface area contributed by atoms with E-state index in [0.29, 0.717) is 54.5 Å². The van der Waals surface area contributed by atoms with Crippen molar-refractivity contribution in [1.29, 1.82) is 0 Å². The Balaban J connectivity index is 1.35. The Kier molecular flexibility index (Phi) is 9.33. The largest absolute Gasteiger partial charge is 0.422 e. The number of hydrogen-bond donors (Lipinski definition) is 0. The molecule has 2 atom stereocenters. The van der Waals surface area contributed by atoms with Crippen molar-refractivity contribution in [2.75, 3.05) is 6.61 Å². The highest BCUT2D eigenvalue weighted by molar-refractivity contribution is 5.68. The highest BCUT2D eigenvalue weighted by Crippen LogP contribution is 2.36. The van der Waals surface area contributed by atoms with Crippen molar-refractivity contribution in [3.8, 4) is 11.1 Å². The minimum Gasteiger partial charge on any atom is -0.378 e. The summed E-state index contributed by atoms with van der Waals surface area (Å²) in [5.74, 6) is -5.63. The average Bonchev–Trinajstić information content (AvgIpc) is 2.91. The molecule has 0 aromatic heterocycles. The van der Waals surface area contributed by atoms with Gasteiger partial charge in [0.05, 0.1) is 12.7 Å². The molecule has 3 aromatic carbocycles. The van der Waals surface area contributed by atoms with Gasteiger partial charge in [-0.3, -0.25) is 0 Å². The fraction of sp³-hybridized carbons (Fsp3) is 0.355. The van der Waals surface area contributed by atoms with Crippen LogP contribution in [0.15, 0.2) is 60.4 Å². The second-order valence-corrected chi connectivity index (χ2v) is 9.98. The van der Waals surface area contributed by atoms with Crippen molar-refractivity contribution >= 4 is 5.83 Å². The summed E-state index contributed by atoms with van der Waals surface area (Å²) < 4.78 is 115. The lowest BCUT2D eigenvalue weighted by atomic mass is 9.88. The summed E-state index contributed by atoms with van der Waals surface area (Å²) in [6, 6.07) is 12.3. The monoisotopic (exact) mass is 568 g/mol. The molecule has 0 spiro atoms. The first-order chi connectivity index (χ1) is 19.0. The third-order valence-corrected chi connectivity index (χ3v) is 7.13. The van der Waals surface area contributed by atoms with Crippen LogP contribution in [0.4, 0.5) is 35.1 Å². The zero-order valence-electron chi connectivity index (χ0n) is 21.7. The smallest absolute Gasteiger partial charge is 0.378 e. The molecule has 0 N–H and O–H groups in total. The van der Waals surface area contributed by atoms with Crippen LogP contribution in [-0.4, -0.2) is 12.7 Å². The summed E-state index contributed by atoms with van der Waals surface area (Å²) in [5, 5.41) is 0. The Morgan fingerprint density at radius 3 is 2.05 bits per heavy atom. The lowest BCUT2D eigenvalue weighted by molar-refractivity contribution is -0.142. The van der Waals surface area contributed by atoms with E-state index in [9.17, 15) is 30.7 Å². The molecule has 1 heterocycles. The van der Waals surface area contributed by atoms with Crippen LogP contribution in [0.3, 0.4) is 0 Å². The Bertz CT molecular complexity index is 1330. The maximum absolute atomic E-state index is 15.1. The van der Waals surface area contributed by atoms with Crippen LogP contribution in [0.5, 0.6) is 0 Å². The zero-order chi connectivity index (χ0) is 29.0. The van der Waals surface area contributed by atoms with E-state index in [0.717, 1.165) is 0 Å². The first kappa shape index (κ1) is 29.8. The molecule has 0 aliphatic carbocycles. The van der Waals surface area contributed by atoms with Gasteiger partial charge in [-0.15, -0.1) is 0 Å². The number of ether oxygens (including phenoxy) is 1. The first-order valence-corrected chi connectivity index (χ1v) is 13.1. The van der Waals surface area contributed by atoms with Crippen LogP contribution in [0.1, 0.15) is 67.2 Å². The van der Waals surface area contributed by atoms with E-state index in [1.807, 2.05) is 0 Å². The predicted molar refractivity (Wildman–Crippen MR) is 137 cm³/mol. The van der Waals surface area contributed by atoms with Crippen molar-refractivity contribution in [2.24, 2.45) is 0 Å².